The van der Waals surface area contributed by atoms with Gasteiger partial charge in [-0.15, -0.1) is 0 Å². The van der Waals surface area contributed by atoms with Crippen molar-refractivity contribution in [2.45, 2.75) is 313 Å². The SMILES string of the molecule is CCCCCCCCCCCCCCCCCCCCCCCCCCCCCCCC(=O)N[C@@H](CO[C@@H]1O[C@H](CO)[C@@H](O)C(O)C1O)[C@H](O)[C@H](O)CCCCCCCCCC. The molecule has 2 unspecified atom stereocenters. The Balaban J connectivity index is 2.13. The van der Waals surface area contributed by atoms with Crippen molar-refractivity contribution in [2.75, 3.05) is 13.2 Å². The second-order valence-electron chi connectivity index (χ2n) is 19.2. The summed E-state index contributed by atoms with van der Waals surface area (Å²) in [4.78, 5) is 13.0. The topological polar surface area (TPSA) is 169 Å². The number of rotatable bonds is 46. The highest BCUT2D eigenvalue weighted by atomic mass is 16.7. The van der Waals surface area contributed by atoms with Crippen LogP contribution in [0.1, 0.15) is 264 Å². The third-order valence-corrected chi connectivity index (χ3v) is 13.3. The average molecular weight is 886 g/mol. The zero-order valence-electron chi connectivity index (χ0n) is 40.5. The van der Waals surface area contributed by atoms with Crippen LogP contribution in [0, 0.1) is 0 Å². The smallest absolute Gasteiger partial charge is 0.220 e. The summed E-state index contributed by atoms with van der Waals surface area (Å²) in [5, 5.41) is 65.1. The van der Waals surface area contributed by atoms with E-state index < -0.39 is 55.6 Å². The molecule has 10 nitrogen and oxygen atoms in total. The summed E-state index contributed by atoms with van der Waals surface area (Å²) in [6.45, 7) is 3.59. The van der Waals surface area contributed by atoms with Crippen molar-refractivity contribution in [3.8, 4) is 0 Å². The third kappa shape index (κ3) is 31.9. The van der Waals surface area contributed by atoms with E-state index in [4.69, 9.17) is 9.47 Å². The monoisotopic (exact) mass is 886 g/mol. The number of amides is 1. The summed E-state index contributed by atoms with van der Waals surface area (Å²) in [5.41, 5.74) is 0. The number of hydrogen-bond acceptors (Lipinski definition) is 9. The first-order valence-electron chi connectivity index (χ1n) is 26.8. The molecule has 10 heteroatoms. The number of hydrogen-bond donors (Lipinski definition) is 7. The molecule has 62 heavy (non-hydrogen) atoms. The van der Waals surface area contributed by atoms with Gasteiger partial charge in [-0.25, -0.2) is 0 Å². The van der Waals surface area contributed by atoms with Crippen LogP contribution >= 0.6 is 0 Å². The molecule has 1 rings (SSSR count). The standard InChI is InChI=1S/C52H103NO9/c1-3-5-7-9-11-13-14-15-16-17-18-19-20-21-22-23-24-25-26-27-28-29-30-31-32-33-35-37-39-41-47(56)53-44(43-61-52-51(60)50(59)49(58)46(42-54)62-52)48(57)45(55)40-38-36-34-12-10-8-6-4-2/h44-46,48-52,54-55,57-60H,3-43H2,1-2H3,(H,53,56)/t44-,45+,46+,48-,49+,50?,51?,52+/m0/s1. The predicted octanol–water partition coefficient (Wildman–Crippen LogP) is 11.3. The van der Waals surface area contributed by atoms with Crippen molar-refractivity contribution in [3.63, 3.8) is 0 Å². The lowest BCUT2D eigenvalue weighted by atomic mass is 9.98. The van der Waals surface area contributed by atoms with Crippen LogP contribution in [-0.4, -0.2) is 98.7 Å². The zero-order valence-corrected chi connectivity index (χ0v) is 40.5. The number of unbranched alkanes of at least 4 members (excludes halogenated alkanes) is 35. The van der Waals surface area contributed by atoms with Gasteiger partial charge in [0.25, 0.3) is 0 Å². The van der Waals surface area contributed by atoms with Gasteiger partial charge >= 0.3 is 0 Å². The van der Waals surface area contributed by atoms with E-state index in [2.05, 4.69) is 19.2 Å². The van der Waals surface area contributed by atoms with Crippen LogP contribution in [0.5, 0.6) is 0 Å². The second-order valence-corrected chi connectivity index (χ2v) is 19.2. The number of aliphatic hydroxyl groups excluding tert-OH is 6. The van der Waals surface area contributed by atoms with E-state index in [9.17, 15) is 35.4 Å². The highest BCUT2D eigenvalue weighted by Gasteiger charge is 2.44. The van der Waals surface area contributed by atoms with Crippen molar-refractivity contribution in [1.29, 1.82) is 0 Å². The predicted molar refractivity (Wildman–Crippen MR) is 255 cm³/mol. The molecular formula is C52H103NO9. The molecule has 0 radical (unpaired) electrons. The quantitative estimate of drug-likeness (QED) is 0.0294. The van der Waals surface area contributed by atoms with Gasteiger partial charge in [-0.1, -0.05) is 245 Å². The Morgan fingerprint density at radius 3 is 1.19 bits per heavy atom. The Labute approximate surface area is 381 Å². The van der Waals surface area contributed by atoms with E-state index in [0.717, 1.165) is 44.9 Å². The lowest BCUT2D eigenvalue weighted by molar-refractivity contribution is -0.303. The van der Waals surface area contributed by atoms with Crippen LogP contribution in [0.15, 0.2) is 0 Å². The Morgan fingerprint density at radius 2 is 0.839 bits per heavy atom. The molecular weight excluding hydrogens is 783 g/mol. The summed E-state index contributed by atoms with van der Waals surface area (Å²) in [5.74, 6) is -0.254. The lowest BCUT2D eigenvalue weighted by Crippen LogP contribution is -2.60. The molecule has 0 spiro atoms. The zero-order chi connectivity index (χ0) is 45.3. The number of ether oxygens (including phenoxy) is 2. The summed E-state index contributed by atoms with van der Waals surface area (Å²) >= 11 is 0. The Kier molecular flexibility index (Phi) is 40.8. The molecule has 1 amide bonds. The van der Waals surface area contributed by atoms with E-state index in [1.807, 2.05) is 0 Å². The number of carbonyl (C=O) groups is 1. The van der Waals surface area contributed by atoms with Gasteiger partial charge in [0.1, 0.15) is 30.5 Å². The van der Waals surface area contributed by atoms with Crippen molar-refractivity contribution in [1.82, 2.24) is 5.32 Å². The molecule has 1 aliphatic rings. The molecule has 370 valence electrons. The molecule has 7 N–H and O–H groups in total. The molecule has 0 aromatic carbocycles. The summed E-state index contributed by atoms with van der Waals surface area (Å²) in [6, 6.07) is -0.984. The number of nitrogens with one attached hydrogen (secondary N) is 1. The van der Waals surface area contributed by atoms with E-state index in [1.54, 1.807) is 0 Å². The Hall–Kier alpha value is -0.850. The molecule has 1 fully saturated rings. The molecule has 0 aliphatic carbocycles. The molecule has 8 atom stereocenters. The summed E-state index contributed by atoms with van der Waals surface area (Å²) < 4.78 is 11.2. The largest absolute Gasteiger partial charge is 0.394 e. The summed E-state index contributed by atoms with van der Waals surface area (Å²) in [6.07, 6.45) is 38.8. The Morgan fingerprint density at radius 1 is 0.500 bits per heavy atom. The Bertz CT molecular complexity index is 957. The van der Waals surface area contributed by atoms with Gasteiger partial charge in [0.15, 0.2) is 6.29 Å². The van der Waals surface area contributed by atoms with Crippen LogP contribution in [0.3, 0.4) is 0 Å². The van der Waals surface area contributed by atoms with Crippen LogP contribution in [0.4, 0.5) is 0 Å². The maximum Gasteiger partial charge on any atom is 0.220 e. The average Bonchev–Trinajstić information content (AvgIpc) is 3.27. The first kappa shape index (κ1) is 59.2. The van der Waals surface area contributed by atoms with E-state index in [1.165, 1.54) is 193 Å². The van der Waals surface area contributed by atoms with Crippen molar-refractivity contribution in [2.24, 2.45) is 0 Å². The molecule has 1 saturated heterocycles. The molecule has 1 heterocycles. The fraction of sp³-hybridized carbons (Fsp3) is 0.981. The lowest BCUT2D eigenvalue weighted by Gasteiger charge is -2.40. The normalized spacial score (nSPS) is 20.7. The minimum absolute atomic E-state index is 0.254. The van der Waals surface area contributed by atoms with E-state index in [-0.39, 0.29) is 18.9 Å². The second kappa shape index (κ2) is 42.8. The molecule has 0 saturated carbocycles. The number of aliphatic hydroxyl groups is 6. The highest BCUT2D eigenvalue weighted by molar-refractivity contribution is 5.76. The van der Waals surface area contributed by atoms with Gasteiger partial charge in [0.05, 0.1) is 25.4 Å². The third-order valence-electron chi connectivity index (χ3n) is 13.3. The van der Waals surface area contributed by atoms with Gasteiger partial charge in [-0.2, -0.15) is 0 Å². The number of carbonyl (C=O) groups excluding carboxylic acids is 1. The van der Waals surface area contributed by atoms with Crippen LogP contribution < -0.4 is 5.32 Å². The van der Waals surface area contributed by atoms with Gasteiger partial charge in [0.2, 0.25) is 5.91 Å². The fourth-order valence-electron chi connectivity index (χ4n) is 8.97. The van der Waals surface area contributed by atoms with Gasteiger partial charge in [-0.3, -0.25) is 4.79 Å². The maximum absolute atomic E-state index is 13.0. The minimum atomic E-state index is -1.60. The van der Waals surface area contributed by atoms with E-state index in [0.29, 0.717) is 6.42 Å². The van der Waals surface area contributed by atoms with Crippen molar-refractivity contribution in [3.05, 3.63) is 0 Å². The van der Waals surface area contributed by atoms with Gasteiger partial charge in [0, 0.05) is 6.42 Å². The minimum Gasteiger partial charge on any atom is -0.394 e. The highest BCUT2D eigenvalue weighted by Crippen LogP contribution is 2.23. The first-order chi connectivity index (χ1) is 30.3. The van der Waals surface area contributed by atoms with Crippen LogP contribution in [-0.2, 0) is 14.3 Å². The maximum atomic E-state index is 13.0. The molecule has 0 bridgehead atoms. The summed E-state index contributed by atoms with van der Waals surface area (Å²) in [7, 11) is 0. The van der Waals surface area contributed by atoms with E-state index >= 15 is 0 Å². The van der Waals surface area contributed by atoms with Gasteiger partial charge < -0.3 is 45.4 Å². The van der Waals surface area contributed by atoms with Crippen molar-refractivity contribution < 1.29 is 44.9 Å². The first-order valence-corrected chi connectivity index (χ1v) is 26.8. The van der Waals surface area contributed by atoms with Gasteiger partial charge in [-0.05, 0) is 12.8 Å². The molecule has 0 aromatic heterocycles. The van der Waals surface area contributed by atoms with Crippen LogP contribution in [0.25, 0.3) is 0 Å². The molecule has 0 aromatic rings. The fourth-order valence-corrected chi connectivity index (χ4v) is 8.97. The van der Waals surface area contributed by atoms with Crippen LogP contribution in [0.2, 0.25) is 0 Å². The molecule has 1 aliphatic heterocycles. The van der Waals surface area contributed by atoms with Crippen molar-refractivity contribution >= 4 is 5.91 Å².